The largest absolute Gasteiger partial charge is 0.454 e. The van der Waals surface area contributed by atoms with Gasteiger partial charge in [0.25, 0.3) is 0 Å². The highest BCUT2D eigenvalue weighted by Crippen LogP contribution is 2.12. The first-order valence-electron chi connectivity index (χ1n) is 5.15. The zero-order chi connectivity index (χ0) is 12.7. The minimum Gasteiger partial charge on any atom is -0.454 e. The van der Waals surface area contributed by atoms with Crippen molar-refractivity contribution in [2.24, 2.45) is 0 Å². The molecule has 0 aliphatic heterocycles. The minimum atomic E-state index is -0.600. The molecule has 0 aromatic heterocycles. The number of ether oxygens (including phenoxy) is 2. The smallest absolute Gasteiger partial charge is 0.349 e. The van der Waals surface area contributed by atoms with Crippen LogP contribution in [-0.4, -0.2) is 18.5 Å². The minimum absolute atomic E-state index is 0.371. The number of esters is 2. The van der Waals surface area contributed by atoms with Gasteiger partial charge < -0.3 is 9.47 Å². The van der Waals surface area contributed by atoms with Gasteiger partial charge in [-0.25, -0.2) is 4.79 Å². The van der Waals surface area contributed by atoms with E-state index >= 15 is 0 Å². The zero-order valence-electron chi connectivity index (χ0n) is 9.64. The molecule has 0 bridgehead atoms. The molecule has 0 heterocycles. The van der Waals surface area contributed by atoms with Crippen molar-refractivity contribution in [2.75, 3.05) is 6.61 Å². The van der Waals surface area contributed by atoms with Crippen LogP contribution in [0.2, 0.25) is 0 Å². The maximum atomic E-state index is 11.2. The molecule has 0 N–H and O–H groups in total. The van der Waals surface area contributed by atoms with E-state index in [1.165, 1.54) is 6.92 Å². The Hall–Kier alpha value is -2.10. The summed E-state index contributed by atoms with van der Waals surface area (Å²) in [5.74, 6) is -0.685. The fourth-order valence-corrected chi connectivity index (χ4v) is 1.18. The summed E-state index contributed by atoms with van der Waals surface area (Å²) in [5.41, 5.74) is 1.08. The van der Waals surface area contributed by atoms with E-state index in [1.54, 1.807) is 18.2 Å². The van der Waals surface area contributed by atoms with Crippen LogP contribution >= 0.6 is 0 Å². The summed E-state index contributed by atoms with van der Waals surface area (Å²) in [7, 11) is 0. The van der Waals surface area contributed by atoms with Crippen LogP contribution in [0.25, 0.3) is 0 Å². The molecule has 17 heavy (non-hydrogen) atoms. The third-order valence-corrected chi connectivity index (χ3v) is 1.93. The van der Waals surface area contributed by atoms with Crippen LogP contribution in [0.3, 0.4) is 0 Å². The lowest BCUT2D eigenvalue weighted by Gasteiger charge is -2.05. The molecule has 4 heteroatoms. The van der Waals surface area contributed by atoms with E-state index in [0.717, 1.165) is 12.0 Å². The van der Waals surface area contributed by atoms with Crippen molar-refractivity contribution in [3.05, 3.63) is 42.5 Å². The van der Waals surface area contributed by atoms with E-state index < -0.39 is 11.9 Å². The van der Waals surface area contributed by atoms with Crippen LogP contribution in [0.5, 0.6) is 5.75 Å². The Labute approximate surface area is 99.8 Å². The van der Waals surface area contributed by atoms with Crippen molar-refractivity contribution in [2.45, 2.75) is 13.3 Å². The van der Waals surface area contributed by atoms with Gasteiger partial charge in [-0.2, -0.15) is 0 Å². The van der Waals surface area contributed by atoms with Crippen molar-refractivity contribution < 1.29 is 19.1 Å². The number of rotatable bonds is 5. The summed E-state index contributed by atoms with van der Waals surface area (Å²) in [6.45, 7) is 4.50. The SMILES string of the molecule is C=CCc1ccc(OC(=O)COC(C)=O)cc1. The Balaban J connectivity index is 2.48. The van der Waals surface area contributed by atoms with Crippen LogP contribution < -0.4 is 4.74 Å². The normalized spacial score (nSPS) is 9.47. The van der Waals surface area contributed by atoms with Gasteiger partial charge in [-0.15, -0.1) is 6.58 Å². The Bertz CT molecular complexity index is 406. The Morgan fingerprint density at radius 1 is 1.29 bits per heavy atom. The van der Waals surface area contributed by atoms with E-state index in [-0.39, 0.29) is 6.61 Å². The van der Waals surface area contributed by atoms with Gasteiger partial charge >= 0.3 is 11.9 Å². The van der Waals surface area contributed by atoms with Gasteiger partial charge in [0.05, 0.1) is 0 Å². The molecule has 1 rings (SSSR count). The number of hydrogen-bond donors (Lipinski definition) is 0. The van der Waals surface area contributed by atoms with E-state index in [4.69, 9.17) is 4.74 Å². The van der Waals surface area contributed by atoms with Crippen LogP contribution in [0, 0.1) is 0 Å². The molecule has 0 aliphatic rings. The van der Waals surface area contributed by atoms with Gasteiger partial charge in [0.15, 0.2) is 6.61 Å². The number of carbonyl (C=O) groups is 2. The lowest BCUT2D eigenvalue weighted by Crippen LogP contribution is -2.17. The second-order valence-electron chi connectivity index (χ2n) is 3.39. The summed E-state index contributed by atoms with van der Waals surface area (Å²) in [6.07, 6.45) is 2.56. The summed E-state index contributed by atoms with van der Waals surface area (Å²) in [5, 5.41) is 0. The predicted molar refractivity (Wildman–Crippen MR) is 62.6 cm³/mol. The van der Waals surface area contributed by atoms with Gasteiger partial charge in [-0.1, -0.05) is 18.2 Å². The molecular weight excluding hydrogens is 220 g/mol. The molecule has 4 nitrogen and oxygen atoms in total. The highest BCUT2D eigenvalue weighted by molar-refractivity contribution is 5.77. The number of allylic oxidation sites excluding steroid dienone is 1. The van der Waals surface area contributed by atoms with E-state index in [0.29, 0.717) is 5.75 Å². The zero-order valence-corrected chi connectivity index (χ0v) is 9.64. The maximum absolute atomic E-state index is 11.2. The van der Waals surface area contributed by atoms with Crippen molar-refractivity contribution in [1.82, 2.24) is 0 Å². The second-order valence-corrected chi connectivity index (χ2v) is 3.39. The lowest BCUT2D eigenvalue weighted by molar-refractivity contribution is -0.152. The van der Waals surface area contributed by atoms with E-state index in [2.05, 4.69) is 11.3 Å². The molecule has 0 fully saturated rings. The summed E-state index contributed by atoms with van der Waals surface area (Å²) >= 11 is 0. The third kappa shape index (κ3) is 4.97. The van der Waals surface area contributed by atoms with Crippen molar-refractivity contribution >= 4 is 11.9 Å². The Morgan fingerprint density at radius 2 is 1.94 bits per heavy atom. The molecule has 0 unspecified atom stereocenters. The fraction of sp³-hybridized carbons (Fsp3) is 0.231. The lowest BCUT2D eigenvalue weighted by atomic mass is 10.1. The first kappa shape index (κ1) is 13.0. The monoisotopic (exact) mass is 234 g/mol. The van der Waals surface area contributed by atoms with Crippen molar-refractivity contribution in [1.29, 1.82) is 0 Å². The van der Waals surface area contributed by atoms with Gasteiger partial charge in [0.2, 0.25) is 0 Å². The van der Waals surface area contributed by atoms with Crippen LogP contribution in [0.4, 0.5) is 0 Å². The Kier molecular flexibility index (Phi) is 4.94. The van der Waals surface area contributed by atoms with Crippen LogP contribution in [-0.2, 0) is 20.7 Å². The van der Waals surface area contributed by atoms with Crippen LogP contribution in [0.15, 0.2) is 36.9 Å². The molecule has 0 saturated carbocycles. The quantitative estimate of drug-likeness (QED) is 0.443. The molecular formula is C13H14O4. The molecule has 0 atom stereocenters. The molecule has 0 radical (unpaired) electrons. The first-order valence-corrected chi connectivity index (χ1v) is 5.15. The van der Waals surface area contributed by atoms with E-state index in [9.17, 15) is 9.59 Å². The number of benzene rings is 1. The second kappa shape index (κ2) is 6.48. The molecule has 0 spiro atoms. The number of hydrogen-bond acceptors (Lipinski definition) is 4. The molecule has 0 aliphatic carbocycles. The average molecular weight is 234 g/mol. The van der Waals surface area contributed by atoms with Gasteiger partial charge in [0, 0.05) is 6.92 Å². The molecule has 90 valence electrons. The van der Waals surface area contributed by atoms with Gasteiger partial charge in [0.1, 0.15) is 5.75 Å². The molecule has 0 saturated heterocycles. The maximum Gasteiger partial charge on any atom is 0.349 e. The molecule has 1 aromatic carbocycles. The molecule has 0 amide bonds. The van der Waals surface area contributed by atoms with Crippen molar-refractivity contribution in [3.63, 3.8) is 0 Å². The first-order chi connectivity index (χ1) is 8.11. The highest BCUT2D eigenvalue weighted by Gasteiger charge is 2.06. The van der Waals surface area contributed by atoms with E-state index in [1.807, 2.05) is 12.1 Å². The fourth-order valence-electron chi connectivity index (χ4n) is 1.18. The van der Waals surface area contributed by atoms with Gasteiger partial charge in [-0.05, 0) is 24.1 Å². The molecule has 1 aromatic rings. The Morgan fingerprint density at radius 3 is 2.47 bits per heavy atom. The van der Waals surface area contributed by atoms with Gasteiger partial charge in [-0.3, -0.25) is 4.79 Å². The standard InChI is InChI=1S/C13H14O4/c1-3-4-11-5-7-12(8-6-11)17-13(15)9-16-10(2)14/h3,5-8H,1,4,9H2,2H3. The predicted octanol–water partition coefficient (Wildman–Crippen LogP) is 1.88. The van der Waals surface area contributed by atoms with Crippen molar-refractivity contribution in [3.8, 4) is 5.75 Å². The summed E-state index contributed by atoms with van der Waals surface area (Å²) in [6, 6.07) is 7.06. The summed E-state index contributed by atoms with van der Waals surface area (Å²) in [4.78, 5) is 21.7. The number of carbonyl (C=O) groups excluding carboxylic acids is 2. The highest BCUT2D eigenvalue weighted by atomic mass is 16.6. The summed E-state index contributed by atoms with van der Waals surface area (Å²) < 4.78 is 9.47. The topological polar surface area (TPSA) is 52.6 Å². The average Bonchev–Trinajstić information content (AvgIpc) is 2.29. The van der Waals surface area contributed by atoms with Crippen LogP contribution in [0.1, 0.15) is 12.5 Å². The third-order valence-electron chi connectivity index (χ3n) is 1.93.